The Balaban J connectivity index is 1.56. The van der Waals surface area contributed by atoms with Crippen molar-refractivity contribution in [1.82, 2.24) is 15.1 Å². The highest BCUT2D eigenvalue weighted by molar-refractivity contribution is 6.35. The lowest BCUT2D eigenvalue weighted by atomic mass is 10.0. The van der Waals surface area contributed by atoms with Gasteiger partial charge in [0.25, 0.3) is 5.91 Å². The summed E-state index contributed by atoms with van der Waals surface area (Å²) in [5.74, 6) is -0.264. The van der Waals surface area contributed by atoms with E-state index >= 15 is 0 Å². The molecule has 1 N–H and O–H groups in total. The number of benzene rings is 1. The second kappa shape index (κ2) is 9.26. The molecule has 2 amide bonds. The summed E-state index contributed by atoms with van der Waals surface area (Å²) >= 11 is 12.0. The van der Waals surface area contributed by atoms with Gasteiger partial charge in [-0.3, -0.25) is 14.5 Å². The van der Waals surface area contributed by atoms with Crippen molar-refractivity contribution in [3.05, 3.63) is 33.8 Å². The number of hydrogen-bond acceptors (Lipinski definition) is 3. The Bertz CT molecular complexity index is 678. The van der Waals surface area contributed by atoms with Gasteiger partial charge in [-0.05, 0) is 57.4 Å². The Kier molecular flexibility index (Phi) is 7.01. The van der Waals surface area contributed by atoms with Gasteiger partial charge in [0.1, 0.15) is 6.04 Å². The quantitative estimate of drug-likeness (QED) is 0.804. The number of piperidine rings is 1. The van der Waals surface area contributed by atoms with Crippen LogP contribution in [0.3, 0.4) is 0 Å². The SMILES string of the molecule is CC1CCCCN1CCNC(=O)C1CCCN1C(=O)c1cc(Cl)cc(Cl)c1. The molecule has 2 saturated heterocycles. The third-order valence-corrected chi connectivity index (χ3v) is 6.00. The number of rotatable bonds is 5. The molecule has 27 heavy (non-hydrogen) atoms. The zero-order chi connectivity index (χ0) is 19.4. The van der Waals surface area contributed by atoms with E-state index in [-0.39, 0.29) is 11.8 Å². The maximum atomic E-state index is 12.9. The number of nitrogens with one attached hydrogen (secondary N) is 1. The maximum Gasteiger partial charge on any atom is 0.254 e. The van der Waals surface area contributed by atoms with E-state index in [1.165, 1.54) is 19.3 Å². The average molecular weight is 412 g/mol. The third kappa shape index (κ3) is 5.15. The normalized spacial score (nSPS) is 23.4. The number of nitrogens with zero attached hydrogens (tertiary/aromatic N) is 2. The van der Waals surface area contributed by atoms with Crippen molar-refractivity contribution >= 4 is 35.0 Å². The zero-order valence-electron chi connectivity index (χ0n) is 15.7. The molecule has 2 aliphatic rings. The topological polar surface area (TPSA) is 52.7 Å². The van der Waals surface area contributed by atoms with E-state index in [1.807, 2.05) is 0 Å². The molecule has 2 atom stereocenters. The first-order chi connectivity index (χ1) is 13.0. The number of carbonyl (C=O) groups is 2. The lowest BCUT2D eigenvalue weighted by Crippen LogP contribution is -2.48. The van der Waals surface area contributed by atoms with Crippen LogP contribution in [0.1, 0.15) is 49.4 Å². The molecular weight excluding hydrogens is 385 g/mol. The largest absolute Gasteiger partial charge is 0.353 e. The fourth-order valence-electron chi connectivity index (χ4n) is 4.06. The van der Waals surface area contributed by atoms with Crippen molar-refractivity contribution in [3.63, 3.8) is 0 Å². The van der Waals surface area contributed by atoms with Crippen molar-refractivity contribution < 1.29 is 9.59 Å². The van der Waals surface area contributed by atoms with Gasteiger partial charge in [0.05, 0.1) is 0 Å². The summed E-state index contributed by atoms with van der Waals surface area (Å²) in [6, 6.07) is 4.94. The highest BCUT2D eigenvalue weighted by atomic mass is 35.5. The van der Waals surface area contributed by atoms with Gasteiger partial charge in [-0.15, -0.1) is 0 Å². The summed E-state index contributed by atoms with van der Waals surface area (Å²) in [4.78, 5) is 29.6. The van der Waals surface area contributed by atoms with Crippen LogP contribution < -0.4 is 5.32 Å². The van der Waals surface area contributed by atoms with E-state index in [2.05, 4.69) is 17.1 Å². The molecule has 0 aromatic heterocycles. The molecule has 2 aliphatic heterocycles. The van der Waals surface area contributed by atoms with Gasteiger partial charge < -0.3 is 10.2 Å². The van der Waals surface area contributed by atoms with E-state index in [9.17, 15) is 9.59 Å². The molecular formula is C20H27Cl2N3O2. The van der Waals surface area contributed by atoms with Crippen LogP contribution in [-0.2, 0) is 4.79 Å². The molecule has 2 heterocycles. The van der Waals surface area contributed by atoms with Crippen molar-refractivity contribution in [1.29, 1.82) is 0 Å². The zero-order valence-corrected chi connectivity index (χ0v) is 17.2. The molecule has 0 saturated carbocycles. The van der Waals surface area contributed by atoms with Crippen LogP contribution in [0.5, 0.6) is 0 Å². The molecule has 5 nitrogen and oxygen atoms in total. The Morgan fingerprint density at radius 1 is 1.07 bits per heavy atom. The van der Waals surface area contributed by atoms with E-state index in [0.29, 0.717) is 41.2 Å². The van der Waals surface area contributed by atoms with Crippen LogP contribution in [0.25, 0.3) is 0 Å². The molecule has 0 aliphatic carbocycles. The minimum atomic E-state index is -0.422. The molecule has 2 unspecified atom stereocenters. The van der Waals surface area contributed by atoms with Crippen LogP contribution in [0.4, 0.5) is 0 Å². The Hall–Kier alpha value is -1.30. The molecule has 3 rings (SSSR count). The van der Waals surface area contributed by atoms with Gasteiger partial charge in [0.2, 0.25) is 5.91 Å². The Morgan fingerprint density at radius 2 is 1.81 bits per heavy atom. The minimum absolute atomic E-state index is 0.0707. The number of halogens is 2. The summed E-state index contributed by atoms with van der Waals surface area (Å²) in [5, 5.41) is 3.86. The highest BCUT2D eigenvalue weighted by Crippen LogP contribution is 2.24. The van der Waals surface area contributed by atoms with E-state index in [1.54, 1.807) is 23.1 Å². The number of amides is 2. The van der Waals surface area contributed by atoms with Gasteiger partial charge in [-0.25, -0.2) is 0 Å². The summed E-state index contributed by atoms with van der Waals surface area (Å²) < 4.78 is 0. The second-order valence-electron chi connectivity index (χ2n) is 7.49. The predicted molar refractivity (Wildman–Crippen MR) is 108 cm³/mol. The van der Waals surface area contributed by atoms with E-state index in [4.69, 9.17) is 23.2 Å². The molecule has 148 valence electrons. The van der Waals surface area contributed by atoms with Crippen LogP contribution >= 0.6 is 23.2 Å². The minimum Gasteiger partial charge on any atom is -0.353 e. The average Bonchev–Trinajstić information content (AvgIpc) is 3.11. The van der Waals surface area contributed by atoms with E-state index in [0.717, 1.165) is 19.5 Å². The first-order valence-corrected chi connectivity index (χ1v) is 10.5. The molecule has 0 spiro atoms. The van der Waals surface area contributed by atoms with Gasteiger partial charge in [-0.1, -0.05) is 29.6 Å². The standard InChI is InChI=1S/C20H27Cl2N3O2/c1-14-5-2-3-8-24(14)10-7-23-19(26)18-6-4-9-25(18)20(27)15-11-16(21)13-17(22)12-15/h11-14,18H,2-10H2,1H3,(H,23,26). The summed E-state index contributed by atoms with van der Waals surface area (Å²) in [5.41, 5.74) is 0.425. The summed E-state index contributed by atoms with van der Waals surface area (Å²) in [7, 11) is 0. The van der Waals surface area contributed by atoms with Gasteiger partial charge in [-0.2, -0.15) is 0 Å². The lowest BCUT2D eigenvalue weighted by Gasteiger charge is -2.33. The van der Waals surface area contributed by atoms with Crippen LogP contribution in [-0.4, -0.2) is 59.9 Å². The van der Waals surface area contributed by atoms with E-state index < -0.39 is 6.04 Å². The predicted octanol–water partition coefficient (Wildman–Crippen LogP) is 3.59. The fraction of sp³-hybridized carbons (Fsp3) is 0.600. The molecule has 7 heteroatoms. The highest BCUT2D eigenvalue weighted by Gasteiger charge is 2.34. The summed E-state index contributed by atoms with van der Waals surface area (Å²) in [6.45, 7) is 5.39. The van der Waals surface area contributed by atoms with Crippen molar-refractivity contribution in [2.45, 2.75) is 51.1 Å². The van der Waals surface area contributed by atoms with Crippen LogP contribution in [0.15, 0.2) is 18.2 Å². The lowest BCUT2D eigenvalue weighted by molar-refractivity contribution is -0.124. The molecule has 2 fully saturated rings. The smallest absolute Gasteiger partial charge is 0.254 e. The Labute approximate surface area is 171 Å². The fourth-order valence-corrected chi connectivity index (χ4v) is 4.58. The van der Waals surface area contributed by atoms with Crippen LogP contribution in [0, 0.1) is 0 Å². The molecule has 0 bridgehead atoms. The number of hydrogen-bond donors (Lipinski definition) is 1. The first-order valence-electron chi connectivity index (χ1n) is 9.74. The first kappa shape index (κ1) is 20.4. The molecule has 0 radical (unpaired) electrons. The van der Waals surface area contributed by atoms with Gasteiger partial charge >= 0.3 is 0 Å². The third-order valence-electron chi connectivity index (χ3n) is 5.56. The monoisotopic (exact) mass is 411 g/mol. The molecule has 1 aromatic rings. The number of likely N-dealkylation sites (tertiary alicyclic amines) is 2. The second-order valence-corrected chi connectivity index (χ2v) is 8.36. The van der Waals surface area contributed by atoms with Crippen LogP contribution in [0.2, 0.25) is 10.0 Å². The molecule has 1 aromatic carbocycles. The summed E-state index contributed by atoms with van der Waals surface area (Å²) in [6.07, 6.45) is 5.25. The van der Waals surface area contributed by atoms with Gasteiger partial charge in [0, 0.05) is 41.3 Å². The van der Waals surface area contributed by atoms with Crippen molar-refractivity contribution in [3.8, 4) is 0 Å². The maximum absolute atomic E-state index is 12.9. The van der Waals surface area contributed by atoms with Crippen molar-refractivity contribution in [2.24, 2.45) is 0 Å². The Morgan fingerprint density at radius 3 is 2.52 bits per heavy atom. The van der Waals surface area contributed by atoms with Gasteiger partial charge in [0.15, 0.2) is 0 Å². The van der Waals surface area contributed by atoms with Crippen molar-refractivity contribution in [2.75, 3.05) is 26.2 Å². The number of carbonyl (C=O) groups excluding carboxylic acids is 2.